The SMILES string of the molecule is CCN[C@@H]1CCN(C(=O)O)C[C@@H]1OC. The molecule has 1 amide bonds. The third-order valence-corrected chi connectivity index (χ3v) is 2.60. The van der Waals surface area contributed by atoms with E-state index in [1.54, 1.807) is 7.11 Å². The van der Waals surface area contributed by atoms with Gasteiger partial charge in [0.05, 0.1) is 12.6 Å². The molecule has 1 rings (SSSR count). The van der Waals surface area contributed by atoms with Crippen molar-refractivity contribution in [2.75, 3.05) is 26.7 Å². The molecule has 0 saturated carbocycles. The van der Waals surface area contributed by atoms with Crippen LogP contribution in [0.5, 0.6) is 0 Å². The number of likely N-dealkylation sites (tertiary alicyclic amines) is 1. The van der Waals surface area contributed by atoms with E-state index < -0.39 is 6.09 Å². The van der Waals surface area contributed by atoms with Gasteiger partial charge in [0.1, 0.15) is 0 Å². The number of rotatable bonds is 3. The van der Waals surface area contributed by atoms with Crippen molar-refractivity contribution in [2.45, 2.75) is 25.5 Å². The number of hydrogen-bond donors (Lipinski definition) is 2. The van der Waals surface area contributed by atoms with Crippen LogP contribution in [0.1, 0.15) is 13.3 Å². The van der Waals surface area contributed by atoms with Crippen LogP contribution in [0.15, 0.2) is 0 Å². The molecule has 2 N–H and O–H groups in total. The van der Waals surface area contributed by atoms with Crippen molar-refractivity contribution in [2.24, 2.45) is 0 Å². The third-order valence-electron chi connectivity index (χ3n) is 2.60. The van der Waals surface area contributed by atoms with Crippen molar-refractivity contribution < 1.29 is 14.6 Å². The maximum atomic E-state index is 10.7. The number of nitrogens with zero attached hydrogens (tertiary/aromatic N) is 1. The fraction of sp³-hybridized carbons (Fsp3) is 0.889. The number of piperidine rings is 1. The molecule has 0 radical (unpaired) electrons. The Balaban J connectivity index is 2.50. The lowest BCUT2D eigenvalue weighted by Gasteiger charge is -2.36. The van der Waals surface area contributed by atoms with Crippen molar-refractivity contribution in [3.8, 4) is 0 Å². The molecular weight excluding hydrogens is 184 g/mol. The zero-order chi connectivity index (χ0) is 10.6. The highest BCUT2D eigenvalue weighted by Crippen LogP contribution is 2.13. The van der Waals surface area contributed by atoms with E-state index in [0.717, 1.165) is 13.0 Å². The van der Waals surface area contributed by atoms with Crippen LogP contribution < -0.4 is 5.32 Å². The van der Waals surface area contributed by atoms with Crippen LogP contribution >= 0.6 is 0 Å². The molecule has 0 aromatic heterocycles. The summed E-state index contributed by atoms with van der Waals surface area (Å²) >= 11 is 0. The van der Waals surface area contributed by atoms with Gasteiger partial charge in [-0.15, -0.1) is 0 Å². The molecule has 1 saturated heterocycles. The highest BCUT2D eigenvalue weighted by molar-refractivity contribution is 5.65. The molecule has 5 nitrogen and oxygen atoms in total. The largest absolute Gasteiger partial charge is 0.465 e. The van der Waals surface area contributed by atoms with Crippen molar-refractivity contribution in [1.29, 1.82) is 0 Å². The first-order chi connectivity index (χ1) is 6.69. The first-order valence-corrected chi connectivity index (χ1v) is 4.93. The molecule has 0 aliphatic carbocycles. The zero-order valence-electron chi connectivity index (χ0n) is 8.69. The van der Waals surface area contributed by atoms with Crippen molar-refractivity contribution in [3.05, 3.63) is 0 Å². The highest BCUT2D eigenvalue weighted by atomic mass is 16.5. The molecule has 1 aliphatic rings. The van der Waals surface area contributed by atoms with E-state index in [-0.39, 0.29) is 12.1 Å². The summed E-state index contributed by atoms with van der Waals surface area (Å²) in [6, 6.07) is 0.278. The number of carboxylic acid groups (broad SMARTS) is 1. The van der Waals surface area contributed by atoms with E-state index in [9.17, 15) is 4.79 Å². The zero-order valence-corrected chi connectivity index (χ0v) is 8.69. The number of hydrogen-bond acceptors (Lipinski definition) is 3. The van der Waals surface area contributed by atoms with Crippen LogP contribution in [0, 0.1) is 0 Å². The monoisotopic (exact) mass is 202 g/mol. The molecule has 0 unspecified atom stereocenters. The molecule has 0 aromatic rings. The maximum Gasteiger partial charge on any atom is 0.407 e. The Kier molecular flexibility index (Phi) is 4.16. The van der Waals surface area contributed by atoms with Gasteiger partial charge in [0.15, 0.2) is 0 Å². The van der Waals surface area contributed by atoms with Crippen molar-refractivity contribution in [3.63, 3.8) is 0 Å². The molecule has 2 atom stereocenters. The van der Waals surface area contributed by atoms with Gasteiger partial charge >= 0.3 is 6.09 Å². The summed E-state index contributed by atoms with van der Waals surface area (Å²) in [4.78, 5) is 12.1. The van der Waals surface area contributed by atoms with Crippen LogP contribution in [-0.2, 0) is 4.74 Å². The molecule has 82 valence electrons. The molecule has 0 spiro atoms. The van der Waals surface area contributed by atoms with Gasteiger partial charge in [-0.2, -0.15) is 0 Å². The molecule has 14 heavy (non-hydrogen) atoms. The van der Waals surface area contributed by atoms with E-state index in [2.05, 4.69) is 5.32 Å². The average molecular weight is 202 g/mol. The molecule has 1 fully saturated rings. The number of ether oxygens (including phenoxy) is 1. The van der Waals surface area contributed by atoms with Gasteiger partial charge in [-0.1, -0.05) is 6.92 Å². The lowest BCUT2D eigenvalue weighted by Crippen LogP contribution is -2.54. The number of methoxy groups -OCH3 is 1. The van der Waals surface area contributed by atoms with Crippen LogP contribution in [-0.4, -0.2) is 55.0 Å². The third kappa shape index (κ3) is 2.59. The van der Waals surface area contributed by atoms with Crippen molar-refractivity contribution >= 4 is 6.09 Å². The van der Waals surface area contributed by atoms with Crippen LogP contribution in [0.2, 0.25) is 0 Å². The van der Waals surface area contributed by atoms with Gasteiger partial charge in [-0.05, 0) is 13.0 Å². The summed E-state index contributed by atoms with van der Waals surface area (Å²) in [6.45, 7) is 3.98. The summed E-state index contributed by atoms with van der Waals surface area (Å²) in [7, 11) is 1.63. The number of carbonyl (C=O) groups is 1. The normalized spacial score (nSPS) is 27.7. The fourth-order valence-corrected chi connectivity index (χ4v) is 1.82. The summed E-state index contributed by atoms with van der Waals surface area (Å²) in [5.41, 5.74) is 0. The standard InChI is InChI=1S/C9H18N2O3/c1-3-10-7-4-5-11(9(12)13)6-8(7)14-2/h7-8,10H,3-6H2,1-2H3,(H,12,13)/t7-,8+/m1/s1. The Hall–Kier alpha value is -0.810. The lowest BCUT2D eigenvalue weighted by molar-refractivity contribution is 0.0102. The minimum absolute atomic E-state index is 0.0280. The summed E-state index contributed by atoms with van der Waals surface area (Å²) in [5.74, 6) is 0. The predicted molar refractivity (Wildman–Crippen MR) is 52.5 cm³/mol. The topological polar surface area (TPSA) is 61.8 Å². The minimum atomic E-state index is -0.859. The Bertz CT molecular complexity index is 198. The van der Waals surface area contributed by atoms with Gasteiger partial charge < -0.3 is 20.1 Å². The quantitative estimate of drug-likeness (QED) is 0.694. The molecule has 0 bridgehead atoms. The molecule has 0 aromatic carbocycles. The molecule has 1 heterocycles. The molecular formula is C9H18N2O3. The van der Waals surface area contributed by atoms with Crippen molar-refractivity contribution in [1.82, 2.24) is 10.2 Å². The highest BCUT2D eigenvalue weighted by Gasteiger charge is 2.30. The summed E-state index contributed by atoms with van der Waals surface area (Å²) < 4.78 is 5.27. The Morgan fingerprint density at radius 2 is 2.43 bits per heavy atom. The first kappa shape index (κ1) is 11.3. The Morgan fingerprint density at radius 3 is 2.93 bits per heavy atom. The number of likely N-dealkylation sites (N-methyl/N-ethyl adjacent to an activating group) is 1. The van der Waals surface area contributed by atoms with Gasteiger partial charge in [0.2, 0.25) is 0 Å². The van der Waals surface area contributed by atoms with Crippen LogP contribution in [0.25, 0.3) is 0 Å². The fourth-order valence-electron chi connectivity index (χ4n) is 1.82. The summed E-state index contributed by atoms with van der Waals surface area (Å²) in [6.07, 6.45) is -0.0691. The van der Waals surface area contributed by atoms with Crippen LogP contribution in [0.3, 0.4) is 0 Å². The van der Waals surface area contributed by atoms with Gasteiger partial charge in [0, 0.05) is 19.7 Å². The van der Waals surface area contributed by atoms with Gasteiger partial charge in [0.25, 0.3) is 0 Å². The second-order valence-electron chi connectivity index (χ2n) is 3.46. The van der Waals surface area contributed by atoms with Gasteiger partial charge in [-0.25, -0.2) is 4.79 Å². The smallest absolute Gasteiger partial charge is 0.407 e. The van der Waals surface area contributed by atoms with E-state index >= 15 is 0 Å². The Labute approximate surface area is 84.0 Å². The molecule has 5 heteroatoms. The van der Waals surface area contributed by atoms with Gasteiger partial charge in [-0.3, -0.25) is 0 Å². The summed E-state index contributed by atoms with van der Waals surface area (Å²) in [5, 5.41) is 12.1. The number of amides is 1. The molecule has 1 aliphatic heterocycles. The second kappa shape index (κ2) is 5.17. The number of nitrogens with one attached hydrogen (secondary N) is 1. The minimum Gasteiger partial charge on any atom is -0.465 e. The van der Waals surface area contributed by atoms with E-state index in [0.29, 0.717) is 13.1 Å². The second-order valence-corrected chi connectivity index (χ2v) is 3.46. The maximum absolute atomic E-state index is 10.7. The van der Waals surface area contributed by atoms with Crippen LogP contribution in [0.4, 0.5) is 4.79 Å². The first-order valence-electron chi connectivity index (χ1n) is 4.93. The average Bonchev–Trinajstić information content (AvgIpc) is 2.18. The lowest BCUT2D eigenvalue weighted by atomic mass is 10.0. The van der Waals surface area contributed by atoms with E-state index in [1.165, 1.54) is 4.90 Å². The Morgan fingerprint density at radius 1 is 1.71 bits per heavy atom. The predicted octanol–water partition coefficient (Wildman–Crippen LogP) is 0.363. The van der Waals surface area contributed by atoms with E-state index in [4.69, 9.17) is 9.84 Å². The van der Waals surface area contributed by atoms with E-state index in [1.807, 2.05) is 6.92 Å².